The molecule has 1 aromatic heterocycles. The number of hydrogen-bond acceptors (Lipinski definition) is 5. The first-order valence-corrected chi connectivity index (χ1v) is 7.72. The van der Waals surface area contributed by atoms with Crippen LogP contribution < -0.4 is 5.32 Å². The van der Waals surface area contributed by atoms with Crippen molar-refractivity contribution in [1.82, 2.24) is 14.9 Å². The topological polar surface area (TPSA) is 78.4 Å². The lowest BCUT2D eigenvalue weighted by molar-refractivity contribution is 0.0746. The molecular formula is C15H22N4O2. The van der Waals surface area contributed by atoms with Crippen LogP contribution in [0.1, 0.15) is 36.7 Å². The molecule has 6 nitrogen and oxygen atoms in total. The van der Waals surface area contributed by atoms with Crippen molar-refractivity contribution in [3.63, 3.8) is 0 Å². The second-order valence-electron chi connectivity index (χ2n) is 6.00. The minimum atomic E-state index is -0.253. The molecule has 1 saturated carbocycles. The molecular weight excluding hydrogens is 268 g/mol. The number of aliphatic hydroxyl groups excluding tert-OH is 1. The van der Waals surface area contributed by atoms with E-state index in [0.717, 1.165) is 32.4 Å². The van der Waals surface area contributed by atoms with Crippen molar-refractivity contribution in [1.29, 1.82) is 0 Å². The van der Waals surface area contributed by atoms with Crippen molar-refractivity contribution in [2.75, 3.05) is 25.0 Å². The molecule has 0 bridgehead atoms. The van der Waals surface area contributed by atoms with Crippen LogP contribution in [0.5, 0.6) is 0 Å². The van der Waals surface area contributed by atoms with Crippen molar-refractivity contribution >= 4 is 11.7 Å². The summed E-state index contributed by atoms with van der Waals surface area (Å²) in [6, 6.07) is 0. The molecule has 1 aliphatic heterocycles. The Morgan fingerprint density at radius 1 is 1.43 bits per heavy atom. The first kappa shape index (κ1) is 14.3. The summed E-state index contributed by atoms with van der Waals surface area (Å²) in [6.45, 7) is 4.25. The third kappa shape index (κ3) is 2.85. The minimum Gasteiger partial charge on any atom is -0.393 e. The first-order chi connectivity index (χ1) is 10.2. The summed E-state index contributed by atoms with van der Waals surface area (Å²) in [6.07, 6.45) is 5.77. The molecule has 114 valence electrons. The number of amides is 1. The molecule has 3 rings (SSSR count). The molecule has 2 aliphatic rings. The Morgan fingerprint density at radius 3 is 3.05 bits per heavy atom. The Hall–Kier alpha value is -1.69. The van der Waals surface area contributed by atoms with Gasteiger partial charge in [-0.05, 0) is 25.2 Å². The predicted octanol–water partition coefficient (Wildman–Crippen LogP) is 1.14. The number of likely N-dealkylation sites (tertiary alicyclic amines) is 1. The Morgan fingerprint density at radius 2 is 2.29 bits per heavy atom. The fraction of sp³-hybridized carbons (Fsp3) is 0.667. The molecule has 1 aromatic rings. The van der Waals surface area contributed by atoms with Crippen LogP contribution in [0, 0.1) is 11.8 Å². The standard InChI is InChI=1S/C15H22N4O2/c1-2-5-17-14-7-16-6-12(18-14)15(21)19-8-10-3-4-13(20)11(10)9-19/h6-7,10-11,13,20H,2-5,8-9H2,1H3,(H,17,18). The number of hydrogen-bond donors (Lipinski definition) is 2. The predicted molar refractivity (Wildman–Crippen MR) is 78.9 cm³/mol. The van der Waals surface area contributed by atoms with Crippen molar-refractivity contribution in [2.45, 2.75) is 32.3 Å². The van der Waals surface area contributed by atoms with E-state index in [0.29, 0.717) is 24.0 Å². The molecule has 21 heavy (non-hydrogen) atoms. The van der Waals surface area contributed by atoms with E-state index in [1.165, 1.54) is 6.20 Å². The maximum absolute atomic E-state index is 12.5. The van der Waals surface area contributed by atoms with E-state index in [4.69, 9.17) is 0 Å². The zero-order chi connectivity index (χ0) is 14.8. The number of carbonyl (C=O) groups excluding carboxylic acids is 1. The lowest BCUT2D eigenvalue weighted by atomic mass is 10.00. The third-order valence-corrected chi connectivity index (χ3v) is 4.52. The molecule has 0 aromatic carbocycles. The Bertz CT molecular complexity index is 522. The van der Waals surface area contributed by atoms with Crippen LogP contribution in [-0.4, -0.2) is 51.6 Å². The molecule has 3 atom stereocenters. The van der Waals surface area contributed by atoms with Gasteiger partial charge in [-0.3, -0.25) is 9.78 Å². The lowest BCUT2D eigenvalue weighted by Crippen LogP contribution is -2.31. The highest BCUT2D eigenvalue weighted by Gasteiger charge is 2.43. The number of aliphatic hydroxyl groups is 1. The minimum absolute atomic E-state index is 0.0794. The summed E-state index contributed by atoms with van der Waals surface area (Å²) in [7, 11) is 0. The zero-order valence-corrected chi connectivity index (χ0v) is 12.3. The van der Waals surface area contributed by atoms with Crippen molar-refractivity contribution in [2.24, 2.45) is 11.8 Å². The molecule has 1 saturated heterocycles. The summed E-state index contributed by atoms with van der Waals surface area (Å²) in [5.74, 6) is 1.24. The smallest absolute Gasteiger partial charge is 0.274 e. The molecule has 0 radical (unpaired) electrons. The average molecular weight is 290 g/mol. The van der Waals surface area contributed by atoms with Crippen molar-refractivity contribution < 1.29 is 9.90 Å². The van der Waals surface area contributed by atoms with E-state index in [1.807, 2.05) is 4.90 Å². The van der Waals surface area contributed by atoms with E-state index in [9.17, 15) is 9.90 Å². The maximum atomic E-state index is 12.5. The molecule has 1 amide bonds. The van der Waals surface area contributed by atoms with Gasteiger partial charge < -0.3 is 15.3 Å². The fourth-order valence-electron chi connectivity index (χ4n) is 3.37. The molecule has 6 heteroatoms. The number of fused-ring (bicyclic) bond motifs is 1. The van der Waals surface area contributed by atoms with Gasteiger partial charge in [0.25, 0.3) is 5.91 Å². The summed E-state index contributed by atoms with van der Waals surface area (Å²) >= 11 is 0. The van der Waals surface area contributed by atoms with Gasteiger partial charge in [0, 0.05) is 25.6 Å². The van der Waals surface area contributed by atoms with Crippen molar-refractivity contribution in [3.05, 3.63) is 18.1 Å². The number of anilines is 1. The van der Waals surface area contributed by atoms with Crippen LogP contribution in [0.25, 0.3) is 0 Å². The average Bonchev–Trinajstić information content (AvgIpc) is 3.07. The summed E-state index contributed by atoms with van der Waals surface area (Å²) < 4.78 is 0. The second kappa shape index (κ2) is 5.97. The summed E-state index contributed by atoms with van der Waals surface area (Å²) in [5.41, 5.74) is 0.380. The van der Waals surface area contributed by atoms with E-state index < -0.39 is 0 Å². The van der Waals surface area contributed by atoms with E-state index in [-0.39, 0.29) is 17.9 Å². The van der Waals surface area contributed by atoms with Gasteiger partial charge in [-0.15, -0.1) is 0 Å². The quantitative estimate of drug-likeness (QED) is 0.869. The Kier molecular flexibility index (Phi) is 4.05. The van der Waals surface area contributed by atoms with Gasteiger partial charge in [0.15, 0.2) is 0 Å². The normalized spacial score (nSPS) is 27.7. The lowest BCUT2D eigenvalue weighted by Gasteiger charge is -2.18. The van der Waals surface area contributed by atoms with Crippen LogP contribution in [0.2, 0.25) is 0 Å². The van der Waals surface area contributed by atoms with Gasteiger partial charge in [-0.1, -0.05) is 6.92 Å². The SMILES string of the molecule is CCCNc1cncc(C(=O)N2CC3CCC(O)C3C2)n1. The number of nitrogens with one attached hydrogen (secondary N) is 1. The van der Waals surface area contributed by atoms with Crippen LogP contribution in [-0.2, 0) is 0 Å². The van der Waals surface area contributed by atoms with Gasteiger partial charge in [0.2, 0.25) is 0 Å². The number of aromatic nitrogens is 2. The van der Waals surface area contributed by atoms with E-state index in [1.54, 1.807) is 6.20 Å². The first-order valence-electron chi connectivity index (χ1n) is 7.72. The van der Waals surface area contributed by atoms with Gasteiger partial charge in [0.1, 0.15) is 11.5 Å². The Balaban J connectivity index is 1.68. The molecule has 3 unspecified atom stereocenters. The highest BCUT2D eigenvalue weighted by molar-refractivity contribution is 5.92. The molecule has 2 N–H and O–H groups in total. The highest BCUT2D eigenvalue weighted by atomic mass is 16.3. The Labute approximate surface area is 124 Å². The molecule has 2 fully saturated rings. The van der Waals surface area contributed by atoms with Gasteiger partial charge in [0.05, 0.1) is 18.5 Å². The van der Waals surface area contributed by atoms with Crippen LogP contribution in [0.15, 0.2) is 12.4 Å². The molecule has 1 aliphatic carbocycles. The monoisotopic (exact) mass is 290 g/mol. The number of carbonyl (C=O) groups is 1. The number of rotatable bonds is 4. The van der Waals surface area contributed by atoms with Gasteiger partial charge in [-0.2, -0.15) is 0 Å². The van der Waals surface area contributed by atoms with E-state index >= 15 is 0 Å². The second-order valence-corrected chi connectivity index (χ2v) is 6.00. The van der Waals surface area contributed by atoms with Gasteiger partial charge in [-0.25, -0.2) is 4.98 Å². The zero-order valence-electron chi connectivity index (χ0n) is 12.3. The van der Waals surface area contributed by atoms with Crippen LogP contribution >= 0.6 is 0 Å². The highest BCUT2D eigenvalue weighted by Crippen LogP contribution is 2.38. The largest absolute Gasteiger partial charge is 0.393 e. The fourth-order valence-corrected chi connectivity index (χ4v) is 3.37. The van der Waals surface area contributed by atoms with Crippen molar-refractivity contribution in [3.8, 4) is 0 Å². The third-order valence-electron chi connectivity index (χ3n) is 4.52. The summed E-state index contributed by atoms with van der Waals surface area (Å²) in [5, 5.41) is 13.1. The summed E-state index contributed by atoms with van der Waals surface area (Å²) in [4.78, 5) is 22.8. The molecule has 2 heterocycles. The maximum Gasteiger partial charge on any atom is 0.274 e. The number of nitrogens with zero attached hydrogens (tertiary/aromatic N) is 3. The van der Waals surface area contributed by atoms with Crippen LogP contribution in [0.3, 0.4) is 0 Å². The van der Waals surface area contributed by atoms with Gasteiger partial charge >= 0.3 is 0 Å². The molecule has 0 spiro atoms. The van der Waals surface area contributed by atoms with E-state index in [2.05, 4.69) is 22.2 Å². The van der Waals surface area contributed by atoms with Crippen LogP contribution in [0.4, 0.5) is 5.82 Å².